The number of hydrogen-bond donors (Lipinski definition) is 9. The van der Waals surface area contributed by atoms with Crippen molar-refractivity contribution >= 4 is 35.5 Å². The molecule has 1 heterocycles. The summed E-state index contributed by atoms with van der Waals surface area (Å²) in [6.45, 7) is 0. The van der Waals surface area contributed by atoms with Crippen LogP contribution < -0.4 is 33.2 Å². The lowest BCUT2D eigenvalue weighted by Gasteiger charge is -2.25. The maximum Gasteiger partial charge on any atom is 0.326 e. The molecule has 0 spiro atoms. The molecule has 5 amide bonds. The number of phenolic OH excluding ortho intramolecular Hbond substituents is 1. The Balaban J connectivity index is 2.27. The van der Waals surface area contributed by atoms with Crippen LogP contribution in [0, 0.1) is 0 Å². The van der Waals surface area contributed by atoms with Crippen LogP contribution in [0.3, 0.4) is 0 Å². The molecule has 0 fully saturated rings. The number of benzene rings is 1. The van der Waals surface area contributed by atoms with Gasteiger partial charge in [-0.05, 0) is 24.1 Å². The maximum absolute atomic E-state index is 13.2. The lowest BCUT2D eigenvalue weighted by atomic mass is 10.0. The van der Waals surface area contributed by atoms with Crippen molar-refractivity contribution in [3.63, 3.8) is 0 Å². The van der Waals surface area contributed by atoms with E-state index >= 15 is 0 Å². The van der Waals surface area contributed by atoms with Crippen LogP contribution in [0.25, 0.3) is 0 Å². The third kappa shape index (κ3) is 10.4. The molecule has 1 aromatic carbocycles. The number of hydrogen-bond acceptors (Lipinski definition) is 9. The average molecular weight is 561 g/mol. The largest absolute Gasteiger partial charge is 0.508 e. The van der Waals surface area contributed by atoms with Crippen LogP contribution in [-0.2, 0) is 41.6 Å². The maximum atomic E-state index is 13.2. The van der Waals surface area contributed by atoms with E-state index in [2.05, 4.69) is 25.9 Å². The second kappa shape index (κ2) is 14.8. The van der Waals surface area contributed by atoms with E-state index in [0.29, 0.717) is 11.3 Å². The summed E-state index contributed by atoms with van der Waals surface area (Å²) in [6.07, 6.45) is 1.40. The van der Waals surface area contributed by atoms with E-state index in [-0.39, 0.29) is 31.4 Å². The standard InChI is InChI=1S/C24H32N8O8/c25-15(9-20(27)35)21(36)30-16(5-6-19(26)34)22(37)31-17(7-12-1-3-14(33)4-2-12)23(38)32-18(24(39)40)8-13-10-28-11-29-13/h1-4,10-11,15-18,33H,5-9,25H2,(H2,26,34)(H2,27,35)(H,28,29)(H,30,36)(H,31,37)(H,32,38)(H,39,40). The van der Waals surface area contributed by atoms with Gasteiger partial charge in [0.05, 0.1) is 18.8 Å². The number of carboxylic acid groups (broad SMARTS) is 1. The van der Waals surface area contributed by atoms with E-state index in [9.17, 15) is 39.0 Å². The Morgan fingerprint density at radius 2 is 1.45 bits per heavy atom. The fourth-order valence-corrected chi connectivity index (χ4v) is 3.58. The van der Waals surface area contributed by atoms with E-state index in [1.54, 1.807) is 0 Å². The number of rotatable bonds is 16. The number of carbonyl (C=O) groups excluding carboxylic acids is 5. The SMILES string of the molecule is NC(=O)CCC(NC(=O)C(N)CC(N)=O)C(=O)NC(Cc1ccc(O)cc1)C(=O)NC(Cc1cnc[nH]1)C(=O)O. The number of nitrogens with one attached hydrogen (secondary N) is 4. The molecule has 4 unspecified atom stereocenters. The van der Waals surface area contributed by atoms with Gasteiger partial charge in [0.25, 0.3) is 0 Å². The van der Waals surface area contributed by atoms with Crippen molar-refractivity contribution in [2.24, 2.45) is 17.2 Å². The molecule has 16 nitrogen and oxygen atoms in total. The lowest BCUT2D eigenvalue weighted by molar-refractivity contribution is -0.142. The highest BCUT2D eigenvalue weighted by molar-refractivity contribution is 5.95. The first-order valence-electron chi connectivity index (χ1n) is 12.1. The van der Waals surface area contributed by atoms with Crippen molar-refractivity contribution in [1.29, 1.82) is 0 Å². The molecule has 216 valence electrons. The number of primary amides is 2. The molecule has 0 bridgehead atoms. The number of carbonyl (C=O) groups is 6. The third-order valence-corrected chi connectivity index (χ3v) is 5.67. The Hall–Kier alpha value is -4.99. The molecule has 0 saturated carbocycles. The normalized spacial score (nSPS) is 13.7. The van der Waals surface area contributed by atoms with Gasteiger partial charge in [-0.25, -0.2) is 9.78 Å². The zero-order valence-electron chi connectivity index (χ0n) is 21.3. The number of aromatic amines is 1. The van der Waals surface area contributed by atoms with E-state index < -0.39 is 66.1 Å². The first kappa shape index (κ1) is 31.2. The van der Waals surface area contributed by atoms with Gasteiger partial charge in [-0.15, -0.1) is 0 Å². The molecule has 16 heteroatoms. The number of aliphatic carboxylic acids is 1. The van der Waals surface area contributed by atoms with E-state index in [1.807, 2.05) is 0 Å². The minimum Gasteiger partial charge on any atom is -0.508 e. The summed E-state index contributed by atoms with van der Waals surface area (Å²) in [5.74, 6) is -5.68. The topological polar surface area (TPSA) is 286 Å². The molecular formula is C24H32N8O8. The number of aromatic nitrogens is 2. The molecule has 40 heavy (non-hydrogen) atoms. The van der Waals surface area contributed by atoms with Crippen LogP contribution in [0.1, 0.15) is 30.5 Å². The Morgan fingerprint density at radius 3 is 2.00 bits per heavy atom. The van der Waals surface area contributed by atoms with Gasteiger partial charge in [0, 0.05) is 31.2 Å². The molecule has 0 saturated heterocycles. The monoisotopic (exact) mass is 560 g/mol. The number of phenols is 1. The summed E-state index contributed by atoms with van der Waals surface area (Å²) in [4.78, 5) is 79.7. The predicted molar refractivity (Wildman–Crippen MR) is 138 cm³/mol. The Kier molecular flexibility index (Phi) is 11.6. The van der Waals surface area contributed by atoms with E-state index in [0.717, 1.165) is 0 Å². The highest BCUT2D eigenvalue weighted by Crippen LogP contribution is 2.12. The second-order valence-corrected chi connectivity index (χ2v) is 8.96. The highest BCUT2D eigenvalue weighted by atomic mass is 16.4. The molecule has 0 aliphatic carbocycles. The Labute approximate surface area is 228 Å². The molecule has 4 atom stereocenters. The highest BCUT2D eigenvalue weighted by Gasteiger charge is 2.31. The molecule has 2 aromatic rings. The number of nitrogens with two attached hydrogens (primary N) is 3. The summed E-state index contributed by atoms with van der Waals surface area (Å²) in [5, 5.41) is 26.4. The molecule has 0 radical (unpaired) electrons. The van der Waals surface area contributed by atoms with Crippen LogP contribution in [0.4, 0.5) is 0 Å². The summed E-state index contributed by atoms with van der Waals surface area (Å²) in [5.41, 5.74) is 16.8. The Bertz CT molecular complexity index is 1200. The summed E-state index contributed by atoms with van der Waals surface area (Å²) >= 11 is 0. The van der Waals surface area contributed by atoms with Gasteiger partial charge in [0.1, 0.15) is 23.9 Å². The molecule has 1 aromatic heterocycles. The second-order valence-electron chi connectivity index (χ2n) is 8.96. The van der Waals surface area contributed by atoms with Crippen molar-refractivity contribution in [1.82, 2.24) is 25.9 Å². The van der Waals surface area contributed by atoms with Gasteiger partial charge in [-0.3, -0.25) is 24.0 Å². The van der Waals surface area contributed by atoms with Crippen molar-refractivity contribution < 1.29 is 39.0 Å². The fourth-order valence-electron chi connectivity index (χ4n) is 3.58. The van der Waals surface area contributed by atoms with Crippen LogP contribution in [-0.4, -0.2) is 79.9 Å². The van der Waals surface area contributed by atoms with Crippen molar-refractivity contribution in [2.75, 3.05) is 0 Å². The number of nitrogens with zero attached hydrogens (tertiary/aromatic N) is 1. The number of aromatic hydroxyl groups is 1. The first-order chi connectivity index (χ1) is 18.8. The smallest absolute Gasteiger partial charge is 0.326 e. The zero-order valence-corrected chi connectivity index (χ0v) is 21.3. The first-order valence-corrected chi connectivity index (χ1v) is 12.1. The van der Waals surface area contributed by atoms with Crippen LogP contribution in [0.5, 0.6) is 5.75 Å². The minimum atomic E-state index is -1.39. The van der Waals surface area contributed by atoms with E-state index in [4.69, 9.17) is 17.2 Å². The molecule has 12 N–H and O–H groups in total. The summed E-state index contributed by atoms with van der Waals surface area (Å²) in [6, 6.07) is 0.204. The lowest BCUT2D eigenvalue weighted by Crippen LogP contribution is -2.58. The van der Waals surface area contributed by atoms with Gasteiger partial charge >= 0.3 is 5.97 Å². The number of amides is 5. The van der Waals surface area contributed by atoms with Gasteiger partial charge in [0.2, 0.25) is 29.5 Å². The van der Waals surface area contributed by atoms with Gasteiger partial charge in [-0.2, -0.15) is 0 Å². The minimum absolute atomic E-state index is 0.0409. The summed E-state index contributed by atoms with van der Waals surface area (Å²) in [7, 11) is 0. The number of H-pyrrole nitrogens is 1. The average Bonchev–Trinajstić information content (AvgIpc) is 3.39. The summed E-state index contributed by atoms with van der Waals surface area (Å²) < 4.78 is 0. The van der Waals surface area contributed by atoms with Gasteiger partial charge in [-0.1, -0.05) is 12.1 Å². The molecule has 0 aliphatic rings. The van der Waals surface area contributed by atoms with Crippen molar-refractivity contribution in [3.8, 4) is 5.75 Å². The quantitative estimate of drug-likeness (QED) is 0.0996. The fraction of sp³-hybridized carbons (Fsp3) is 0.375. The predicted octanol–water partition coefficient (Wildman–Crippen LogP) is -3.09. The van der Waals surface area contributed by atoms with Crippen LogP contribution in [0.15, 0.2) is 36.8 Å². The van der Waals surface area contributed by atoms with Crippen LogP contribution >= 0.6 is 0 Å². The number of carboxylic acids is 1. The van der Waals surface area contributed by atoms with Crippen molar-refractivity contribution in [2.45, 2.75) is 56.3 Å². The molecule has 2 rings (SSSR count). The number of imidazole rings is 1. The third-order valence-electron chi connectivity index (χ3n) is 5.67. The van der Waals surface area contributed by atoms with Crippen LogP contribution in [0.2, 0.25) is 0 Å². The zero-order chi connectivity index (χ0) is 29.8. The Morgan fingerprint density at radius 1 is 0.850 bits per heavy atom. The molecule has 0 aliphatic heterocycles. The molecular weight excluding hydrogens is 528 g/mol. The van der Waals surface area contributed by atoms with Crippen molar-refractivity contribution in [3.05, 3.63) is 48.0 Å². The van der Waals surface area contributed by atoms with Gasteiger partial charge in [0.15, 0.2) is 0 Å². The van der Waals surface area contributed by atoms with Gasteiger partial charge < -0.3 is 48.3 Å². The van der Waals surface area contributed by atoms with E-state index in [1.165, 1.54) is 36.8 Å².